The second-order valence-electron chi connectivity index (χ2n) is 12.9. The zero-order chi connectivity index (χ0) is 30.4. The third-order valence-corrected chi connectivity index (χ3v) is 29.6. The zero-order valence-corrected chi connectivity index (χ0v) is 32.2. The van der Waals surface area contributed by atoms with E-state index in [1.54, 1.807) is 2.89 Å². The molecule has 0 radical (unpaired) electrons. The molecule has 0 unspecified atom stereocenters. The molecule has 2 heterocycles. The van der Waals surface area contributed by atoms with Crippen molar-refractivity contribution in [2.24, 2.45) is 0 Å². The first-order valence-corrected chi connectivity index (χ1v) is 25.5. The van der Waals surface area contributed by atoms with Crippen LogP contribution < -0.4 is 19.3 Å². The summed E-state index contributed by atoms with van der Waals surface area (Å²) in [5.74, 6) is 0. The Morgan fingerprint density at radius 2 is 1.14 bits per heavy atom. The van der Waals surface area contributed by atoms with Crippen LogP contribution in [0.25, 0.3) is 9.88 Å². The summed E-state index contributed by atoms with van der Waals surface area (Å²) in [6, 6.07) is 11.9. The van der Waals surface area contributed by atoms with E-state index in [1.807, 2.05) is 11.3 Å². The number of nitrogens with zero attached hydrogens (tertiary/aromatic N) is 1. The number of hydrogen-bond donors (Lipinski definition) is 0. The van der Waals surface area contributed by atoms with Crippen LogP contribution in [0, 0.1) is 41.5 Å². The van der Waals surface area contributed by atoms with E-state index < -0.39 is 18.4 Å². The molecule has 2 aromatic heterocycles. The maximum atomic E-state index is 5.28. The fourth-order valence-electron chi connectivity index (χ4n) is 7.38. The summed E-state index contributed by atoms with van der Waals surface area (Å²) in [6.07, 6.45) is 10.5. The molecular weight excluding hydrogens is 652 g/mol. The van der Waals surface area contributed by atoms with Crippen molar-refractivity contribution in [1.82, 2.24) is 4.98 Å². The molecule has 0 spiro atoms. The van der Waals surface area contributed by atoms with Gasteiger partial charge in [0.15, 0.2) is 0 Å². The van der Waals surface area contributed by atoms with Crippen LogP contribution in [0.2, 0.25) is 13.3 Å². The van der Waals surface area contributed by atoms with Crippen LogP contribution in [0.15, 0.2) is 41.9 Å². The van der Waals surface area contributed by atoms with E-state index >= 15 is 0 Å². The average molecular weight is 704 g/mol. The molecule has 0 amide bonds. The molecule has 0 bridgehead atoms. The van der Waals surface area contributed by atoms with Crippen molar-refractivity contribution < 1.29 is 0 Å². The summed E-state index contributed by atoms with van der Waals surface area (Å²) in [4.78, 5) is 6.66. The monoisotopic (exact) mass is 705 g/mol. The summed E-state index contributed by atoms with van der Waals surface area (Å²) < 4.78 is 6.22. The second kappa shape index (κ2) is 15.1. The molecule has 0 aliphatic rings. The van der Waals surface area contributed by atoms with E-state index in [1.165, 1.54) is 111 Å². The van der Waals surface area contributed by atoms with E-state index in [9.17, 15) is 0 Å². The molecule has 4 rings (SSSR count). The first kappa shape index (κ1) is 33.5. The minimum absolute atomic E-state index is 0.202. The fourth-order valence-corrected chi connectivity index (χ4v) is 28.1. The number of thiophene rings is 1. The van der Waals surface area contributed by atoms with Gasteiger partial charge in [0.2, 0.25) is 0 Å². The SMILES string of the molecule is CCC[CH2][Sn]([CH2]CCC)([CH2]CCC)[c]1cnc(-c2sccc2B(c2c(C)cc(C)cc2C)c2c(C)cc(C)cc2C)s1. The van der Waals surface area contributed by atoms with Gasteiger partial charge in [-0.2, -0.15) is 0 Å². The predicted molar refractivity (Wildman–Crippen MR) is 196 cm³/mol. The standard InChI is InChI=1S/C25H25BNS2.3C4H9.Sn/c1-15-11-17(3)22(18(4)12-15)26(23-19(5)13-16(2)14-20(23)6)21-7-9-28-24(21)25-27-8-10-29-25;3*1-3-4-2;/h7-9,11-14H,1-6H3;3*1,3-4H2,2H3;. The Labute approximate surface area is 269 Å². The van der Waals surface area contributed by atoms with E-state index in [0.29, 0.717) is 0 Å². The molecule has 0 aliphatic heterocycles. The predicted octanol–water partition coefficient (Wildman–Crippen LogP) is 9.29. The van der Waals surface area contributed by atoms with Gasteiger partial charge in [-0.1, -0.05) is 0 Å². The van der Waals surface area contributed by atoms with Crippen LogP contribution in [-0.4, -0.2) is 30.1 Å². The number of rotatable bonds is 14. The van der Waals surface area contributed by atoms with Crippen LogP contribution in [0.3, 0.4) is 0 Å². The summed E-state index contributed by atoms with van der Waals surface area (Å²) in [5, 5.41) is 3.58. The summed E-state index contributed by atoms with van der Waals surface area (Å²) in [5.41, 5.74) is 12.6. The molecule has 0 saturated heterocycles. The summed E-state index contributed by atoms with van der Waals surface area (Å²) in [7, 11) is 0. The molecule has 0 saturated carbocycles. The number of unbranched alkanes of at least 4 members (excludes halogenated alkanes) is 3. The van der Waals surface area contributed by atoms with Gasteiger partial charge in [-0.3, -0.25) is 0 Å². The normalized spacial score (nSPS) is 11.8. The average Bonchev–Trinajstić information content (AvgIpc) is 3.61. The van der Waals surface area contributed by atoms with Crippen molar-refractivity contribution in [2.45, 2.75) is 114 Å². The van der Waals surface area contributed by atoms with Crippen LogP contribution in [0.5, 0.6) is 0 Å². The molecule has 0 atom stereocenters. The van der Waals surface area contributed by atoms with E-state index in [2.05, 4.69) is 116 Å². The fraction of sp³-hybridized carbons (Fsp3) is 0.486. The Kier molecular flexibility index (Phi) is 12.0. The van der Waals surface area contributed by atoms with Crippen molar-refractivity contribution in [1.29, 1.82) is 0 Å². The second-order valence-corrected chi connectivity index (χ2v) is 29.0. The molecule has 1 nitrogen and oxygen atoms in total. The van der Waals surface area contributed by atoms with Gasteiger partial charge in [-0.25, -0.2) is 0 Å². The van der Waals surface area contributed by atoms with Gasteiger partial charge in [0.25, 0.3) is 0 Å². The van der Waals surface area contributed by atoms with Crippen molar-refractivity contribution >= 4 is 67.0 Å². The first-order valence-electron chi connectivity index (χ1n) is 16.3. The number of thiazole rings is 1. The third kappa shape index (κ3) is 7.29. The Bertz CT molecular complexity index is 1360. The maximum absolute atomic E-state index is 5.28. The topological polar surface area (TPSA) is 12.9 Å². The van der Waals surface area contributed by atoms with E-state index in [4.69, 9.17) is 4.98 Å². The molecule has 0 aliphatic carbocycles. The van der Waals surface area contributed by atoms with Crippen LogP contribution in [0.4, 0.5) is 0 Å². The van der Waals surface area contributed by atoms with E-state index in [-0.39, 0.29) is 6.71 Å². The van der Waals surface area contributed by atoms with Gasteiger partial charge in [0, 0.05) is 0 Å². The molecule has 0 N–H and O–H groups in total. The number of aromatic nitrogens is 1. The van der Waals surface area contributed by atoms with Crippen LogP contribution in [0.1, 0.15) is 92.7 Å². The van der Waals surface area contributed by atoms with Gasteiger partial charge in [-0.15, -0.1) is 0 Å². The summed E-state index contributed by atoms with van der Waals surface area (Å²) in [6.45, 7) is 21.0. The molecule has 42 heavy (non-hydrogen) atoms. The molecule has 2 aromatic carbocycles. The van der Waals surface area contributed by atoms with Gasteiger partial charge in [0.05, 0.1) is 0 Å². The number of aryl methyl sites for hydroxylation is 6. The number of benzene rings is 2. The molecule has 5 heteroatoms. The van der Waals surface area contributed by atoms with Crippen molar-refractivity contribution in [2.75, 3.05) is 0 Å². The molecule has 224 valence electrons. The van der Waals surface area contributed by atoms with Crippen molar-refractivity contribution in [3.8, 4) is 9.88 Å². The van der Waals surface area contributed by atoms with E-state index in [0.717, 1.165) is 0 Å². The number of hydrogen-bond acceptors (Lipinski definition) is 3. The Morgan fingerprint density at radius 1 is 0.690 bits per heavy atom. The molecule has 0 fully saturated rings. The van der Waals surface area contributed by atoms with Gasteiger partial charge >= 0.3 is 271 Å². The zero-order valence-electron chi connectivity index (χ0n) is 27.7. The quantitative estimate of drug-likeness (QED) is 0.119. The van der Waals surface area contributed by atoms with Crippen LogP contribution in [-0.2, 0) is 0 Å². The molecule has 4 aromatic rings. The third-order valence-electron chi connectivity index (χ3n) is 9.31. The Morgan fingerprint density at radius 3 is 1.57 bits per heavy atom. The molecular formula is C37H52BNS2Sn. The van der Waals surface area contributed by atoms with Crippen LogP contribution >= 0.6 is 22.7 Å². The summed E-state index contributed by atoms with van der Waals surface area (Å²) >= 11 is 1.45. The van der Waals surface area contributed by atoms with Gasteiger partial charge in [0.1, 0.15) is 0 Å². The Hall–Kier alpha value is -1.37. The Balaban J connectivity index is 1.90. The van der Waals surface area contributed by atoms with Crippen molar-refractivity contribution in [3.05, 3.63) is 75.3 Å². The minimum atomic E-state index is -2.54. The first-order chi connectivity index (χ1) is 20.2. The van der Waals surface area contributed by atoms with Gasteiger partial charge in [-0.05, 0) is 0 Å². The van der Waals surface area contributed by atoms with Gasteiger partial charge < -0.3 is 0 Å². The van der Waals surface area contributed by atoms with Crippen molar-refractivity contribution in [3.63, 3.8) is 0 Å².